The van der Waals surface area contributed by atoms with E-state index in [0.29, 0.717) is 22.4 Å². The van der Waals surface area contributed by atoms with Gasteiger partial charge >= 0.3 is 0 Å². The number of amides is 1. The van der Waals surface area contributed by atoms with Gasteiger partial charge in [0.05, 0.1) is 12.2 Å². The predicted molar refractivity (Wildman–Crippen MR) is 65.1 cm³/mol. The number of carbonyl (C=O) groups is 1. The van der Waals surface area contributed by atoms with Crippen LogP contribution >= 0.6 is 15.9 Å². The summed E-state index contributed by atoms with van der Waals surface area (Å²) in [5, 5.41) is 10.3. The first-order valence-electron chi connectivity index (χ1n) is 4.92. The number of rotatable bonds is 3. The summed E-state index contributed by atoms with van der Waals surface area (Å²) >= 11 is 3.27. The molecule has 0 aliphatic rings. The highest BCUT2D eigenvalue weighted by Gasteiger charge is 2.10. The summed E-state index contributed by atoms with van der Waals surface area (Å²) in [5.41, 5.74) is 1.06. The molecule has 6 heteroatoms. The maximum Gasteiger partial charge on any atom is 0.271 e. The Hall–Kier alpha value is -1.82. The molecule has 0 saturated heterocycles. The summed E-state index contributed by atoms with van der Waals surface area (Å²) in [4.78, 5) is 15.8. The van der Waals surface area contributed by atoms with Gasteiger partial charge in [-0.1, -0.05) is 0 Å². The topological polar surface area (TPSA) is 67.8 Å². The van der Waals surface area contributed by atoms with Crippen molar-refractivity contribution in [3.05, 3.63) is 52.5 Å². The summed E-state index contributed by atoms with van der Waals surface area (Å²) in [7, 11) is 0. The van der Waals surface area contributed by atoms with Gasteiger partial charge in [-0.05, 0) is 40.2 Å². The van der Waals surface area contributed by atoms with Gasteiger partial charge in [0.15, 0.2) is 0 Å². The molecule has 5 nitrogen and oxygen atoms in total. The molecule has 0 atom stereocenters. The Morgan fingerprint density at radius 2 is 2.12 bits per heavy atom. The second kappa shape index (κ2) is 5.49. The molecule has 0 aliphatic heterocycles. The predicted octanol–water partition coefficient (Wildman–Crippen LogP) is 1.56. The molecular formula is C11H9BrN4O. The maximum atomic E-state index is 11.8. The van der Waals surface area contributed by atoms with Crippen LogP contribution in [0.15, 0.2) is 41.1 Å². The van der Waals surface area contributed by atoms with Crippen LogP contribution in [0.25, 0.3) is 0 Å². The van der Waals surface area contributed by atoms with E-state index < -0.39 is 0 Å². The van der Waals surface area contributed by atoms with Crippen LogP contribution in [0.2, 0.25) is 0 Å². The Morgan fingerprint density at radius 1 is 1.29 bits per heavy atom. The first-order chi connectivity index (χ1) is 8.27. The van der Waals surface area contributed by atoms with Crippen molar-refractivity contribution in [2.45, 2.75) is 6.54 Å². The smallest absolute Gasteiger partial charge is 0.271 e. The largest absolute Gasteiger partial charge is 0.345 e. The normalized spacial score (nSPS) is 9.94. The molecule has 0 aliphatic carbocycles. The standard InChI is InChI=1S/C11H9BrN4O/c12-9-4-2-5-13-10(9)11(17)14-7-8-3-1-6-15-16-8/h1-6H,7H2,(H,14,17). The summed E-state index contributed by atoms with van der Waals surface area (Å²) in [6.07, 6.45) is 3.16. The molecule has 0 saturated carbocycles. The molecule has 0 spiro atoms. The van der Waals surface area contributed by atoms with Crippen molar-refractivity contribution in [2.75, 3.05) is 0 Å². The Kier molecular flexibility index (Phi) is 3.77. The van der Waals surface area contributed by atoms with Crippen molar-refractivity contribution in [3.63, 3.8) is 0 Å². The quantitative estimate of drug-likeness (QED) is 0.932. The van der Waals surface area contributed by atoms with Gasteiger partial charge in [0, 0.05) is 16.9 Å². The second-order valence-corrected chi connectivity index (χ2v) is 4.09. The number of carbonyl (C=O) groups excluding carboxylic acids is 1. The lowest BCUT2D eigenvalue weighted by Crippen LogP contribution is -2.24. The van der Waals surface area contributed by atoms with Crippen LogP contribution in [0.1, 0.15) is 16.2 Å². The van der Waals surface area contributed by atoms with E-state index in [9.17, 15) is 4.79 Å². The van der Waals surface area contributed by atoms with E-state index >= 15 is 0 Å². The van der Waals surface area contributed by atoms with Gasteiger partial charge in [-0.2, -0.15) is 10.2 Å². The number of aromatic nitrogens is 3. The zero-order valence-electron chi connectivity index (χ0n) is 8.80. The molecule has 0 bridgehead atoms. The van der Waals surface area contributed by atoms with E-state index in [4.69, 9.17) is 0 Å². The number of nitrogens with one attached hydrogen (secondary N) is 1. The average molecular weight is 293 g/mol. The molecule has 1 N–H and O–H groups in total. The van der Waals surface area contributed by atoms with Crippen LogP contribution in [-0.4, -0.2) is 21.1 Å². The molecule has 2 aromatic rings. The van der Waals surface area contributed by atoms with Gasteiger partial charge in [-0.15, -0.1) is 0 Å². The SMILES string of the molecule is O=C(NCc1cccnn1)c1ncccc1Br. The Morgan fingerprint density at radius 3 is 2.82 bits per heavy atom. The first kappa shape index (κ1) is 11.7. The third-order valence-electron chi connectivity index (χ3n) is 2.03. The molecule has 2 heterocycles. The van der Waals surface area contributed by atoms with Crippen molar-refractivity contribution in [1.29, 1.82) is 0 Å². The molecule has 2 aromatic heterocycles. The minimum absolute atomic E-state index is 0.247. The number of hydrogen-bond donors (Lipinski definition) is 1. The van der Waals surface area contributed by atoms with Gasteiger partial charge < -0.3 is 5.32 Å². The first-order valence-corrected chi connectivity index (χ1v) is 5.72. The third-order valence-corrected chi connectivity index (χ3v) is 2.67. The number of hydrogen-bond acceptors (Lipinski definition) is 4. The molecular weight excluding hydrogens is 284 g/mol. The molecule has 0 aromatic carbocycles. The fraction of sp³-hybridized carbons (Fsp3) is 0.0909. The number of halogens is 1. The van der Waals surface area contributed by atoms with Crippen LogP contribution in [0.5, 0.6) is 0 Å². The van der Waals surface area contributed by atoms with E-state index in [1.54, 1.807) is 36.7 Å². The summed E-state index contributed by atoms with van der Waals surface area (Å²) < 4.78 is 0.664. The van der Waals surface area contributed by atoms with Gasteiger partial charge in [0.2, 0.25) is 0 Å². The number of nitrogens with zero attached hydrogens (tertiary/aromatic N) is 3. The van der Waals surface area contributed by atoms with Crippen LogP contribution in [0, 0.1) is 0 Å². The van der Waals surface area contributed by atoms with Crippen LogP contribution < -0.4 is 5.32 Å². The minimum atomic E-state index is -0.247. The van der Waals surface area contributed by atoms with Gasteiger partial charge in [-0.25, -0.2) is 4.98 Å². The van der Waals surface area contributed by atoms with Crippen LogP contribution in [-0.2, 0) is 6.54 Å². The number of pyridine rings is 1. The van der Waals surface area contributed by atoms with Gasteiger partial charge in [-0.3, -0.25) is 4.79 Å². The van der Waals surface area contributed by atoms with E-state index in [2.05, 4.69) is 36.4 Å². The van der Waals surface area contributed by atoms with Crippen LogP contribution in [0.3, 0.4) is 0 Å². The second-order valence-electron chi connectivity index (χ2n) is 3.23. The highest BCUT2D eigenvalue weighted by molar-refractivity contribution is 9.10. The van der Waals surface area contributed by atoms with Crippen molar-refractivity contribution in [1.82, 2.24) is 20.5 Å². The third kappa shape index (κ3) is 3.07. The Labute approximate surface area is 106 Å². The molecule has 1 amide bonds. The van der Waals surface area contributed by atoms with Gasteiger partial charge in [0.25, 0.3) is 5.91 Å². The summed E-state index contributed by atoms with van der Waals surface area (Å²) in [6, 6.07) is 7.08. The lowest BCUT2D eigenvalue weighted by molar-refractivity contribution is 0.0944. The highest BCUT2D eigenvalue weighted by atomic mass is 79.9. The fourth-order valence-corrected chi connectivity index (χ4v) is 1.67. The molecule has 86 valence electrons. The van der Waals surface area contributed by atoms with Crippen molar-refractivity contribution < 1.29 is 4.79 Å². The average Bonchev–Trinajstić information content (AvgIpc) is 2.38. The molecule has 0 fully saturated rings. The van der Waals surface area contributed by atoms with E-state index in [0.717, 1.165) is 0 Å². The minimum Gasteiger partial charge on any atom is -0.345 e. The van der Waals surface area contributed by atoms with Crippen LogP contribution in [0.4, 0.5) is 0 Å². The molecule has 0 radical (unpaired) electrons. The van der Waals surface area contributed by atoms with Gasteiger partial charge in [0.1, 0.15) is 5.69 Å². The highest BCUT2D eigenvalue weighted by Crippen LogP contribution is 2.12. The monoisotopic (exact) mass is 292 g/mol. The van der Waals surface area contributed by atoms with E-state index in [1.807, 2.05) is 0 Å². The van der Waals surface area contributed by atoms with E-state index in [-0.39, 0.29) is 5.91 Å². The molecule has 17 heavy (non-hydrogen) atoms. The lowest BCUT2D eigenvalue weighted by Gasteiger charge is -2.04. The zero-order valence-corrected chi connectivity index (χ0v) is 10.4. The Balaban J connectivity index is 2.01. The zero-order chi connectivity index (χ0) is 12.1. The fourth-order valence-electron chi connectivity index (χ4n) is 1.24. The summed E-state index contributed by atoms with van der Waals surface area (Å²) in [5.74, 6) is -0.247. The maximum absolute atomic E-state index is 11.8. The van der Waals surface area contributed by atoms with E-state index in [1.165, 1.54) is 0 Å². The van der Waals surface area contributed by atoms with Crippen molar-refractivity contribution in [2.24, 2.45) is 0 Å². The molecule has 2 rings (SSSR count). The lowest BCUT2D eigenvalue weighted by atomic mass is 10.3. The molecule has 0 unspecified atom stereocenters. The Bertz CT molecular complexity index is 518. The van der Waals surface area contributed by atoms with Crippen molar-refractivity contribution in [3.8, 4) is 0 Å². The summed E-state index contributed by atoms with van der Waals surface area (Å²) in [6.45, 7) is 0.329. The van der Waals surface area contributed by atoms with Crippen molar-refractivity contribution >= 4 is 21.8 Å².